The molecule has 1 saturated heterocycles. The second kappa shape index (κ2) is 7.90. The minimum atomic E-state index is -3.50. The van der Waals surface area contributed by atoms with Crippen molar-refractivity contribution in [2.45, 2.75) is 38.1 Å². The Morgan fingerprint density at radius 2 is 1.96 bits per heavy atom. The molecule has 0 unspecified atom stereocenters. The molecule has 1 aliphatic heterocycles. The van der Waals surface area contributed by atoms with Crippen molar-refractivity contribution in [2.75, 3.05) is 13.1 Å². The molecule has 1 N–H and O–H groups in total. The lowest BCUT2D eigenvalue weighted by molar-refractivity contribution is -0.126. The van der Waals surface area contributed by atoms with Crippen LogP contribution in [0.5, 0.6) is 0 Å². The Morgan fingerprint density at radius 3 is 2.58 bits per heavy atom. The van der Waals surface area contributed by atoms with Gasteiger partial charge in [-0.05, 0) is 49.8 Å². The monoisotopic (exact) mass is 392 g/mol. The van der Waals surface area contributed by atoms with Crippen molar-refractivity contribution in [2.24, 2.45) is 5.92 Å². The summed E-state index contributed by atoms with van der Waals surface area (Å²) < 4.78 is 27.3. The van der Waals surface area contributed by atoms with Crippen LogP contribution in [0.2, 0.25) is 0 Å². The van der Waals surface area contributed by atoms with Gasteiger partial charge < -0.3 is 5.32 Å². The zero-order valence-electron chi connectivity index (χ0n) is 15.1. The van der Waals surface area contributed by atoms with E-state index >= 15 is 0 Å². The first-order valence-corrected chi connectivity index (χ1v) is 11.1. The molecule has 1 fully saturated rings. The number of hydrogen-bond acceptors (Lipinski definition) is 4. The Balaban J connectivity index is 1.59. The van der Waals surface area contributed by atoms with Crippen LogP contribution in [0.25, 0.3) is 0 Å². The highest BCUT2D eigenvalue weighted by Crippen LogP contribution is 2.26. The molecule has 2 heterocycles. The summed E-state index contributed by atoms with van der Waals surface area (Å²) in [6.07, 6.45) is 1.11. The van der Waals surface area contributed by atoms with Gasteiger partial charge in [0.25, 0.3) is 0 Å². The maximum absolute atomic E-state index is 12.9. The third-order valence-electron chi connectivity index (χ3n) is 4.79. The highest BCUT2D eigenvalue weighted by atomic mass is 32.2. The molecule has 26 heavy (non-hydrogen) atoms. The van der Waals surface area contributed by atoms with Gasteiger partial charge in [0, 0.05) is 23.9 Å². The third kappa shape index (κ3) is 4.16. The second-order valence-corrected chi connectivity index (χ2v) is 9.68. The molecule has 2 aromatic rings. The number of sulfonamides is 1. The zero-order chi connectivity index (χ0) is 18.7. The Hall–Kier alpha value is -1.70. The maximum Gasteiger partial charge on any atom is 0.243 e. The Labute approximate surface area is 159 Å². The smallest absolute Gasteiger partial charge is 0.243 e. The second-order valence-electron chi connectivity index (χ2n) is 6.74. The lowest BCUT2D eigenvalue weighted by atomic mass is 9.97. The normalized spacial score (nSPS) is 16.5. The SMILES string of the molecule is Cc1ccc(S(=O)(=O)N2CCC(C(=O)NCc3cccs3)CC2)c(C)c1. The van der Waals surface area contributed by atoms with Gasteiger partial charge in [0.05, 0.1) is 11.4 Å². The number of piperidine rings is 1. The van der Waals surface area contributed by atoms with Gasteiger partial charge in [-0.2, -0.15) is 4.31 Å². The lowest BCUT2D eigenvalue weighted by Crippen LogP contribution is -2.43. The van der Waals surface area contributed by atoms with Gasteiger partial charge in [-0.1, -0.05) is 23.8 Å². The summed E-state index contributed by atoms with van der Waals surface area (Å²) >= 11 is 1.61. The van der Waals surface area contributed by atoms with E-state index in [-0.39, 0.29) is 11.8 Å². The Morgan fingerprint density at radius 1 is 1.23 bits per heavy atom. The molecule has 0 atom stereocenters. The van der Waals surface area contributed by atoms with Gasteiger partial charge in [0.15, 0.2) is 0 Å². The first-order valence-electron chi connectivity index (χ1n) is 8.75. The topological polar surface area (TPSA) is 66.5 Å². The maximum atomic E-state index is 12.9. The third-order valence-corrected chi connectivity index (χ3v) is 7.73. The molecule has 5 nitrogen and oxygen atoms in total. The number of nitrogens with zero attached hydrogens (tertiary/aromatic N) is 1. The molecule has 0 bridgehead atoms. The number of amides is 1. The van der Waals surface area contributed by atoms with E-state index in [1.54, 1.807) is 17.4 Å². The van der Waals surface area contributed by atoms with Crippen molar-refractivity contribution in [1.29, 1.82) is 0 Å². The molecule has 1 aromatic carbocycles. The van der Waals surface area contributed by atoms with Crippen molar-refractivity contribution in [1.82, 2.24) is 9.62 Å². The van der Waals surface area contributed by atoms with Crippen LogP contribution in [0.3, 0.4) is 0 Å². The van der Waals surface area contributed by atoms with Gasteiger partial charge in [0.1, 0.15) is 0 Å². The molecule has 0 saturated carbocycles. The van der Waals surface area contributed by atoms with Gasteiger partial charge in [-0.3, -0.25) is 4.79 Å². The predicted molar refractivity (Wildman–Crippen MR) is 104 cm³/mol. The lowest BCUT2D eigenvalue weighted by Gasteiger charge is -2.31. The summed E-state index contributed by atoms with van der Waals surface area (Å²) in [7, 11) is -3.50. The number of rotatable bonds is 5. The van der Waals surface area contributed by atoms with E-state index in [0.717, 1.165) is 16.0 Å². The van der Waals surface area contributed by atoms with Crippen molar-refractivity contribution in [3.05, 3.63) is 51.7 Å². The molecule has 3 rings (SSSR count). The number of nitrogens with one attached hydrogen (secondary N) is 1. The summed E-state index contributed by atoms with van der Waals surface area (Å²) in [6, 6.07) is 9.34. The standard InChI is InChI=1S/C19H24N2O3S2/c1-14-5-6-18(15(2)12-14)26(23,24)21-9-7-16(8-10-21)19(22)20-13-17-4-3-11-25-17/h3-6,11-12,16H,7-10,13H2,1-2H3,(H,20,22). The highest BCUT2D eigenvalue weighted by Gasteiger charge is 2.32. The van der Waals surface area contributed by atoms with Crippen LogP contribution < -0.4 is 5.32 Å². The van der Waals surface area contributed by atoms with E-state index in [0.29, 0.717) is 37.4 Å². The molecule has 1 aliphatic rings. The molecule has 0 aliphatic carbocycles. The van der Waals surface area contributed by atoms with E-state index in [4.69, 9.17) is 0 Å². The summed E-state index contributed by atoms with van der Waals surface area (Å²) in [6.45, 7) is 5.07. The average molecular weight is 393 g/mol. The molecule has 7 heteroatoms. The van der Waals surface area contributed by atoms with Crippen LogP contribution in [0.4, 0.5) is 0 Å². The first-order chi connectivity index (χ1) is 12.4. The number of carbonyl (C=O) groups is 1. The van der Waals surface area contributed by atoms with Crippen molar-refractivity contribution in [3.63, 3.8) is 0 Å². The van der Waals surface area contributed by atoms with E-state index in [1.807, 2.05) is 43.5 Å². The largest absolute Gasteiger partial charge is 0.351 e. The van der Waals surface area contributed by atoms with Gasteiger partial charge >= 0.3 is 0 Å². The van der Waals surface area contributed by atoms with E-state index < -0.39 is 10.0 Å². The minimum absolute atomic E-state index is 0.0157. The zero-order valence-corrected chi connectivity index (χ0v) is 16.7. The quantitative estimate of drug-likeness (QED) is 0.850. The summed E-state index contributed by atoms with van der Waals surface area (Å²) in [5.74, 6) is -0.109. The van der Waals surface area contributed by atoms with Crippen molar-refractivity contribution >= 4 is 27.3 Å². The van der Waals surface area contributed by atoms with Gasteiger partial charge in [-0.15, -0.1) is 11.3 Å². The van der Waals surface area contributed by atoms with Crippen LogP contribution >= 0.6 is 11.3 Å². The fraction of sp³-hybridized carbons (Fsp3) is 0.421. The van der Waals surface area contributed by atoms with Crippen LogP contribution in [0.15, 0.2) is 40.6 Å². The summed E-state index contributed by atoms with van der Waals surface area (Å²) in [5.41, 5.74) is 1.81. The fourth-order valence-electron chi connectivity index (χ4n) is 3.32. The molecule has 0 radical (unpaired) electrons. The first kappa shape index (κ1) is 19.1. The van der Waals surface area contributed by atoms with E-state index in [1.165, 1.54) is 4.31 Å². The summed E-state index contributed by atoms with van der Waals surface area (Å²) in [5, 5.41) is 4.94. The molecule has 1 aromatic heterocycles. The van der Waals surface area contributed by atoms with E-state index in [2.05, 4.69) is 5.32 Å². The van der Waals surface area contributed by atoms with Gasteiger partial charge in [-0.25, -0.2) is 8.42 Å². The molecule has 140 valence electrons. The Kier molecular flexibility index (Phi) is 5.79. The Bertz CT molecular complexity index is 868. The molecule has 1 amide bonds. The number of benzene rings is 1. The predicted octanol–water partition coefficient (Wildman–Crippen LogP) is 3.08. The molecule has 0 spiro atoms. The van der Waals surface area contributed by atoms with Crippen molar-refractivity contribution in [3.8, 4) is 0 Å². The average Bonchev–Trinajstić information content (AvgIpc) is 3.13. The van der Waals surface area contributed by atoms with Crippen LogP contribution in [0.1, 0.15) is 28.8 Å². The number of hydrogen-bond donors (Lipinski definition) is 1. The number of thiophene rings is 1. The number of aryl methyl sites for hydroxylation is 2. The molecular formula is C19H24N2O3S2. The van der Waals surface area contributed by atoms with Crippen LogP contribution in [-0.2, 0) is 21.4 Å². The van der Waals surface area contributed by atoms with Crippen LogP contribution in [0, 0.1) is 19.8 Å². The summed E-state index contributed by atoms with van der Waals surface area (Å²) in [4.78, 5) is 13.8. The minimum Gasteiger partial charge on any atom is -0.351 e. The fourth-order valence-corrected chi connectivity index (χ4v) is 5.64. The highest BCUT2D eigenvalue weighted by molar-refractivity contribution is 7.89. The van der Waals surface area contributed by atoms with Gasteiger partial charge in [0.2, 0.25) is 15.9 Å². The molecular weight excluding hydrogens is 368 g/mol. The van der Waals surface area contributed by atoms with Crippen LogP contribution in [-0.4, -0.2) is 31.7 Å². The van der Waals surface area contributed by atoms with Crippen molar-refractivity contribution < 1.29 is 13.2 Å². The van der Waals surface area contributed by atoms with E-state index in [9.17, 15) is 13.2 Å². The number of carbonyl (C=O) groups excluding carboxylic acids is 1.